The summed E-state index contributed by atoms with van der Waals surface area (Å²) in [5, 5.41) is 12.8. The lowest BCUT2D eigenvalue weighted by atomic mass is 9.76. The first-order valence-corrected chi connectivity index (χ1v) is 8.78. The highest BCUT2D eigenvalue weighted by molar-refractivity contribution is 5.89. The van der Waals surface area contributed by atoms with Crippen LogP contribution in [0.5, 0.6) is 0 Å². The molecule has 2 aromatic carbocycles. The van der Waals surface area contributed by atoms with Gasteiger partial charge in [-0.1, -0.05) is 18.2 Å². The van der Waals surface area contributed by atoms with Crippen molar-refractivity contribution in [1.82, 2.24) is 0 Å². The minimum absolute atomic E-state index is 0.143. The molecule has 0 bridgehead atoms. The SMILES string of the molecule is O=C(O)c1ccccc1[C@H]1Nc2ccc(C(F)(F)F)cc2[C@@H]2OCCC[C@H]12. The van der Waals surface area contributed by atoms with Gasteiger partial charge >= 0.3 is 12.1 Å². The number of hydrogen-bond donors (Lipinski definition) is 2. The van der Waals surface area contributed by atoms with Gasteiger partial charge in [-0.05, 0) is 42.7 Å². The zero-order valence-electron chi connectivity index (χ0n) is 14.3. The van der Waals surface area contributed by atoms with Crippen molar-refractivity contribution in [2.75, 3.05) is 11.9 Å². The van der Waals surface area contributed by atoms with E-state index in [1.54, 1.807) is 24.3 Å². The molecule has 7 heteroatoms. The summed E-state index contributed by atoms with van der Waals surface area (Å²) in [5.74, 6) is -1.17. The molecule has 2 aliphatic rings. The van der Waals surface area contributed by atoms with E-state index in [1.165, 1.54) is 6.07 Å². The number of alkyl halides is 3. The van der Waals surface area contributed by atoms with Crippen molar-refractivity contribution in [2.45, 2.75) is 31.2 Å². The zero-order valence-corrected chi connectivity index (χ0v) is 14.3. The molecule has 0 amide bonds. The van der Waals surface area contributed by atoms with Gasteiger partial charge < -0.3 is 15.2 Å². The third-order valence-electron chi connectivity index (χ3n) is 5.32. The molecule has 0 unspecified atom stereocenters. The smallest absolute Gasteiger partial charge is 0.416 e. The lowest BCUT2D eigenvalue weighted by Gasteiger charge is -2.43. The van der Waals surface area contributed by atoms with Crippen molar-refractivity contribution < 1.29 is 27.8 Å². The first-order valence-electron chi connectivity index (χ1n) is 8.78. The molecule has 1 fully saturated rings. The van der Waals surface area contributed by atoms with E-state index in [1.807, 2.05) is 0 Å². The second kappa shape index (κ2) is 6.56. The Morgan fingerprint density at radius 2 is 1.93 bits per heavy atom. The average Bonchev–Trinajstić information content (AvgIpc) is 2.66. The predicted octanol–water partition coefficient (Wildman–Crippen LogP) is 5.04. The van der Waals surface area contributed by atoms with Crippen LogP contribution in [0.2, 0.25) is 0 Å². The topological polar surface area (TPSA) is 58.6 Å². The second-order valence-electron chi connectivity index (χ2n) is 6.91. The van der Waals surface area contributed by atoms with Crippen LogP contribution in [0.1, 0.15) is 52.0 Å². The molecule has 4 rings (SSSR count). The number of carboxylic acids is 1. The monoisotopic (exact) mass is 377 g/mol. The Balaban J connectivity index is 1.81. The summed E-state index contributed by atoms with van der Waals surface area (Å²) in [6.07, 6.45) is -3.40. The molecule has 0 saturated carbocycles. The molecular weight excluding hydrogens is 359 g/mol. The minimum Gasteiger partial charge on any atom is -0.478 e. The number of carboxylic acid groups (broad SMARTS) is 1. The van der Waals surface area contributed by atoms with Gasteiger partial charge in [-0.2, -0.15) is 13.2 Å². The fraction of sp³-hybridized carbons (Fsp3) is 0.350. The van der Waals surface area contributed by atoms with Crippen LogP contribution in [0.25, 0.3) is 0 Å². The number of nitrogens with one attached hydrogen (secondary N) is 1. The first-order chi connectivity index (χ1) is 12.9. The Kier molecular flexibility index (Phi) is 4.34. The molecular formula is C20H18F3NO3. The molecule has 2 N–H and O–H groups in total. The summed E-state index contributed by atoms with van der Waals surface area (Å²) in [6.45, 7) is 0.476. The largest absolute Gasteiger partial charge is 0.478 e. The molecule has 0 spiro atoms. The Hall–Kier alpha value is -2.54. The average molecular weight is 377 g/mol. The van der Waals surface area contributed by atoms with E-state index in [2.05, 4.69) is 5.32 Å². The quantitative estimate of drug-likeness (QED) is 0.770. The van der Waals surface area contributed by atoms with E-state index in [9.17, 15) is 23.1 Å². The van der Waals surface area contributed by atoms with Gasteiger partial charge in [0.05, 0.1) is 23.3 Å². The highest BCUT2D eigenvalue weighted by Crippen LogP contribution is 2.50. The summed E-state index contributed by atoms with van der Waals surface area (Å²) in [6, 6.07) is 9.97. The summed E-state index contributed by atoms with van der Waals surface area (Å²) in [7, 11) is 0. The Morgan fingerprint density at radius 1 is 1.15 bits per heavy atom. The molecule has 2 aliphatic heterocycles. The van der Waals surface area contributed by atoms with Crippen LogP contribution in [0, 0.1) is 5.92 Å². The van der Waals surface area contributed by atoms with Crippen LogP contribution in [-0.4, -0.2) is 17.7 Å². The molecule has 142 valence electrons. The van der Waals surface area contributed by atoms with Crippen LogP contribution >= 0.6 is 0 Å². The molecule has 0 aromatic heterocycles. The van der Waals surface area contributed by atoms with Gasteiger partial charge in [0.1, 0.15) is 0 Å². The molecule has 27 heavy (non-hydrogen) atoms. The molecule has 0 aliphatic carbocycles. The van der Waals surface area contributed by atoms with Crippen molar-refractivity contribution in [2.24, 2.45) is 5.92 Å². The van der Waals surface area contributed by atoms with Crippen molar-refractivity contribution in [3.05, 3.63) is 64.7 Å². The second-order valence-corrected chi connectivity index (χ2v) is 6.91. The van der Waals surface area contributed by atoms with Gasteiger partial charge in [-0.25, -0.2) is 4.79 Å². The normalized spacial score (nSPS) is 24.5. The zero-order chi connectivity index (χ0) is 19.2. The van der Waals surface area contributed by atoms with Gasteiger partial charge in [0.15, 0.2) is 0 Å². The van der Waals surface area contributed by atoms with E-state index in [0.29, 0.717) is 23.4 Å². The van der Waals surface area contributed by atoms with Crippen LogP contribution < -0.4 is 5.32 Å². The summed E-state index contributed by atoms with van der Waals surface area (Å²) >= 11 is 0. The summed E-state index contributed by atoms with van der Waals surface area (Å²) < 4.78 is 45.3. The standard InChI is InChI=1S/C20H18F3NO3/c21-20(22,23)11-7-8-16-15(10-11)18-14(6-3-9-27-18)17(24-16)12-4-1-2-5-13(12)19(25)26/h1-2,4-5,7-8,10,14,17-18,24H,3,6,9H2,(H,25,26)/t14-,17-,18-/m1/s1. The van der Waals surface area contributed by atoms with Crippen molar-refractivity contribution in [3.8, 4) is 0 Å². The third kappa shape index (κ3) is 3.16. The highest BCUT2D eigenvalue weighted by atomic mass is 19.4. The van der Waals surface area contributed by atoms with Crippen molar-refractivity contribution in [1.29, 1.82) is 0 Å². The lowest BCUT2D eigenvalue weighted by Crippen LogP contribution is -2.36. The predicted molar refractivity (Wildman–Crippen MR) is 92.6 cm³/mol. The van der Waals surface area contributed by atoms with E-state index in [4.69, 9.17) is 4.74 Å². The number of hydrogen-bond acceptors (Lipinski definition) is 3. The van der Waals surface area contributed by atoms with E-state index >= 15 is 0 Å². The number of anilines is 1. The van der Waals surface area contributed by atoms with Crippen LogP contribution in [0.4, 0.5) is 18.9 Å². The summed E-state index contributed by atoms with van der Waals surface area (Å²) in [5.41, 5.74) is 1.14. The number of fused-ring (bicyclic) bond motifs is 3. The number of halogens is 3. The van der Waals surface area contributed by atoms with Gasteiger partial charge in [-0.3, -0.25) is 0 Å². The van der Waals surface area contributed by atoms with E-state index in [0.717, 1.165) is 25.0 Å². The maximum absolute atomic E-state index is 13.1. The third-order valence-corrected chi connectivity index (χ3v) is 5.32. The van der Waals surface area contributed by atoms with Crippen molar-refractivity contribution >= 4 is 11.7 Å². The van der Waals surface area contributed by atoms with E-state index < -0.39 is 23.8 Å². The van der Waals surface area contributed by atoms with E-state index in [-0.39, 0.29) is 17.5 Å². The number of rotatable bonds is 2. The number of aromatic carboxylic acids is 1. The number of carbonyl (C=O) groups is 1. The van der Waals surface area contributed by atoms with Crippen LogP contribution in [0.3, 0.4) is 0 Å². The molecule has 4 nitrogen and oxygen atoms in total. The molecule has 0 radical (unpaired) electrons. The van der Waals surface area contributed by atoms with Crippen LogP contribution in [-0.2, 0) is 10.9 Å². The van der Waals surface area contributed by atoms with Crippen LogP contribution in [0.15, 0.2) is 42.5 Å². The number of ether oxygens (including phenoxy) is 1. The highest BCUT2D eigenvalue weighted by Gasteiger charge is 2.42. The van der Waals surface area contributed by atoms with Gasteiger partial charge in [-0.15, -0.1) is 0 Å². The first kappa shape index (κ1) is 17.9. The fourth-order valence-corrected chi connectivity index (χ4v) is 4.12. The molecule has 1 saturated heterocycles. The van der Waals surface area contributed by atoms with Gasteiger partial charge in [0, 0.05) is 23.8 Å². The maximum Gasteiger partial charge on any atom is 0.416 e. The molecule has 2 aromatic rings. The van der Waals surface area contributed by atoms with Gasteiger partial charge in [0.25, 0.3) is 0 Å². The minimum atomic E-state index is -4.42. The number of benzene rings is 2. The van der Waals surface area contributed by atoms with Crippen molar-refractivity contribution in [3.63, 3.8) is 0 Å². The summed E-state index contributed by atoms with van der Waals surface area (Å²) in [4.78, 5) is 11.6. The molecule has 2 heterocycles. The Labute approximate surface area is 154 Å². The van der Waals surface area contributed by atoms with Gasteiger partial charge in [0.2, 0.25) is 0 Å². The Morgan fingerprint density at radius 3 is 2.67 bits per heavy atom. The maximum atomic E-state index is 13.1. The lowest BCUT2D eigenvalue weighted by molar-refractivity contribution is -0.137. The molecule has 3 atom stereocenters. The fourth-order valence-electron chi connectivity index (χ4n) is 4.12. The Bertz CT molecular complexity index is 881.